The Morgan fingerprint density at radius 3 is 2.05 bits per heavy atom. The van der Waals surface area contributed by atoms with E-state index in [2.05, 4.69) is 10.2 Å². The number of carbonyl (C=O) groups excluding carboxylic acids is 2. The maximum absolute atomic E-state index is 12.2. The summed E-state index contributed by atoms with van der Waals surface area (Å²) in [4.78, 5) is 30.0. The second-order valence-corrected chi connectivity index (χ2v) is 5.63. The van der Waals surface area contributed by atoms with E-state index >= 15 is 0 Å². The van der Waals surface area contributed by atoms with Crippen molar-refractivity contribution < 1.29 is 9.59 Å². The van der Waals surface area contributed by atoms with Crippen molar-refractivity contribution in [3.63, 3.8) is 0 Å². The summed E-state index contributed by atoms with van der Waals surface area (Å²) in [5.74, 6) is 0.397. The number of hydrogen-bond acceptors (Lipinski definition) is 4. The molecule has 2 aliphatic rings. The van der Waals surface area contributed by atoms with Gasteiger partial charge < -0.3 is 15.1 Å². The standard InChI is InChI=1S/C14H26N4O2/c1-15-11-13(19)18-9-7-16(8-10-18)12-14(20)17-5-3-2-4-6-17/h15H,2-12H2,1H3. The van der Waals surface area contributed by atoms with Gasteiger partial charge in [-0.15, -0.1) is 0 Å². The van der Waals surface area contributed by atoms with Crippen LogP contribution in [0.15, 0.2) is 0 Å². The summed E-state index contributed by atoms with van der Waals surface area (Å²) in [7, 11) is 1.78. The zero-order valence-electron chi connectivity index (χ0n) is 12.4. The molecule has 114 valence electrons. The summed E-state index contributed by atoms with van der Waals surface area (Å²) in [6.45, 7) is 5.80. The van der Waals surface area contributed by atoms with Crippen molar-refractivity contribution >= 4 is 11.8 Å². The fourth-order valence-electron chi connectivity index (χ4n) is 2.85. The topological polar surface area (TPSA) is 55.9 Å². The number of likely N-dealkylation sites (tertiary alicyclic amines) is 1. The first-order chi connectivity index (χ1) is 9.70. The van der Waals surface area contributed by atoms with E-state index in [4.69, 9.17) is 0 Å². The number of rotatable bonds is 4. The molecule has 0 aromatic carbocycles. The first-order valence-corrected chi connectivity index (χ1v) is 7.63. The van der Waals surface area contributed by atoms with Crippen molar-refractivity contribution in [3.8, 4) is 0 Å². The Kier molecular flexibility index (Phi) is 5.79. The third-order valence-electron chi connectivity index (χ3n) is 4.12. The Hall–Kier alpha value is -1.14. The lowest BCUT2D eigenvalue weighted by molar-refractivity contribution is -0.135. The van der Waals surface area contributed by atoms with Crippen LogP contribution in [0.25, 0.3) is 0 Å². The normalized spacial score (nSPS) is 21.1. The van der Waals surface area contributed by atoms with Gasteiger partial charge in [0.05, 0.1) is 13.1 Å². The number of piperidine rings is 1. The molecule has 0 radical (unpaired) electrons. The lowest BCUT2D eigenvalue weighted by Gasteiger charge is -2.36. The van der Waals surface area contributed by atoms with E-state index in [1.807, 2.05) is 9.80 Å². The van der Waals surface area contributed by atoms with Crippen molar-refractivity contribution in [2.75, 3.05) is 59.4 Å². The first kappa shape index (κ1) is 15.3. The van der Waals surface area contributed by atoms with Crippen LogP contribution in [0.2, 0.25) is 0 Å². The summed E-state index contributed by atoms with van der Waals surface area (Å²) in [5, 5.41) is 2.89. The van der Waals surface area contributed by atoms with E-state index in [1.165, 1.54) is 6.42 Å². The lowest BCUT2D eigenvalue weighted by Crippen LogP contribution is -2.53. The van der Waals surface area contributed by atoms with Gasteiger partial charge in [-0.3, -0.25) is 14.5 Å². The molecule has 0 unspecified atom stereocenters. The summed E-state index contributed by atoms with van der Waals surface area (Å²) in [6, 6.07) is 0. The van der Waals surface area contributed by atoms with Crippen LogP contribution in [-0.4, -0.2) is 85.9 Å². The molecule has 0 aliphatic carbocycles. The van der Waals surface area contributed by atoms with Crippen LogP contribution in [0, 0.1) is 0 Å². The zero-order valence-corrected chi connectivity index (χ0v) is 12.4. The molecule has 2 amide bonds. The molecule has 0 spiro atoms. The van der Waals surface area contributed by atoms with E-state index < -0.39 is 0 Å². The highest BCUT2D eigenvalue weighted by Crippen LogP contribution is 2.10. The van der Waals surface area contributed by atoms with E-state index in [9.17, 15) is 9.59 Å². The van der Waals surface area contributed by atoms with Gasteiger partial charge in [0.25, 0.3) is 0 Å². The van der Waals surface area contributed by atoms with Gasteiger partial charge in [-0.05, 0) is 26.3 Å². The van der Waals surface area contributed by atoms with E-state index in [0.717, 1.165) is 52.1 Å². The molecular weight excluding hydrogens is 256 g/mol. The van der Waals surface area contributed by atoms with Crippen LogP contribution in [-0.2, 0) is 9.59 Å². The smallest absolute Gasteiger partial charge is 0.236 e. The van der Waals surface area contributed by atoms with Crippen molar-refractivity contribution in [2.24, 2.45) is 0 Å². The molecule has 6 nitrogen and oxygen atoms in total. The molecule has 0 bridgehead atoms. The van der Waals surface area contributed by atoms with Gasteiger partial charge in [-0.2, -0.15) is 0 Å². The van der Waals surface area contributed by atoms with Gasteiger partial charge in [0, 0.05) is 39.3 Å². The minimum Gasteiger partial charge on any atom is -0.342 e. The molecular formula is C14H26N4O2. The van der Waals surface area contributed by atoms with Crippen LogP contribution in [0.3, 0.4) is 0 Å². The van der Waals surface area contributed by atoms with Gasteiger partial charge in [0.1, 0.15) is 0 Å². The van der Waals surface area contributed by atoms with Crippen LogP contribution < -0.4 is 5.32 Å². The third-order valence-corrected chi connectivity index (χ3v) is 4.12. The molecule has 2 heterocycles. The van der Waals surface area contributed by atoms with Crippen molar-refractivity contribution in [2.45, 2.75) is 19.3 Å². The van der Waals surface area contributed by atoms with E-state index in [-0.39, 0.29) is 11.8 Å². The van der Waals surface area contributed by atoms with Crippen molar-refractivity contribution in [1.82, 2.24) is 20.0 Å². The quantitative estimate of drug-likeness (QED) is 0.745. The Bertz CT molecular complexity index is 334. The minimum atomic E-state index is 0.148. The number of likely N-dealkylation sites (N-methyl/N-ethyl adjacent to an activating group) is 1. The van der Waals surface area contributed by atoms with Gasteiger partial charge >= 0.3 is 0 Å². The second kappa shape index (κ2) is 7.59. The third kappa shape index (κ3) is 4.18. The van der Waals surface area contributed by atoms with Crippen molar-refractivity contribution in [1.29, 1.82) is 0 Å². The summed E-state index contributed by atoms with van der Waals surface area (Å²) in [5.41, 5.74) is 0. The molecule has 2 fully saturated rings. The molecule has 0 saturated carbocycles. The lowest BCUT2D eigenvalue weighted by atomic mass is 10.1. The average molecular weight is 282 g/mol. The van der Waals surface area contributed by atoms with Crippen LogP contribution >= 0.6 is 0 Å². The Morgan fingerprint density at radius 2 is 1.45 bits per heavy atom. The number of nitrogens with one attached hydrogen (secondary N) is 1. The largest absolute Gasteiger partial charge is 0.342 e. The van der Waals surface area contributed by atoms with Gasteiger partial charge in [-0.1, -0.05) is 0 Å². The number of piperazine rings is 1. The molecule has 0 aromatic rings. The molecule has 20 heavy (non-hydrogen) atoms. The van der Waals surface area contributed by atoms with Crippen LogP contribution in [0.1, 0.15) is 19.3 Å². The maximum atomic E-state index is 12.2. The number of carbonyl (C=O) groups is 2. The molecule has 2 saturated heterocycles. The summed E-state index contributed by atoms with van der Waals surface area (Å²) < 4.78 is 0. The Balaban J connectivity index is 1.71. The highest BCUT2D eigenvalue weighted by Gasteiger charge is 2.24. The predicted molar refractivity (Wildman–Crippen MR) is 77.4 cm³/mol. The SMILES string of the molecule is CNCC(=O)N1CCN(CC(=O)N2CCCCC2)CC1. The number of hydrogen-bond donors (Lipinski definition) is 1. The zero-order chi connectivity index (χ0) is 14.4. The van der Waals surface area contributed by atoms with Crippen LogP contribution in [0.4, 0.5) is 0 Å². The molecule has 6 heteroatoms. The summed E-state index contributed by atoms with van der Waals surface area (Å²) >= 11 is 0. The molecule has 0 atom stereocenters. The van der Waals surface area contributed by atoms with Gasteiger partial charge in [0.2, 0.25) is 11.8 Å². The Labute approximate surface area is 121 Å². The molecule has 2 aliphatic heterocycles. The monoisotopic (exact) mass is 282 g/mol. The number of amides is 2. The maximum Gasteiger partial charge on any atom is 0.236 e. The van der Waals surface area contributed by atoms with E-state index in [1.54, 1.807) is 7.05 Å². The molecule has 1 N–H and O–H groups in total. The average Bonchev–Trinajstić information content (AvgIpc) is 2.49. The summed E-state index contributed by atoms with van der Waals surface area (Å²) in [6.07, 6.45) is 3.52. The molecule has 2 rings (SSSR count). The van der Waals surface area contributed by atoms with E-state index in [0.29, 0.717) is 13.1 Å². The van der Waals surface area contributed by atoms with Crippen LogP contribution in [0.5, 0.6) is 0 Å². The highest BCUT2D eigenvalue weighted by molar-refractivity contribution is 5.79. The minimum absolute atomic E-state index is 0.148. The second-order valence-electron chi connectivity index (χ2n) is 5.63. The van der Waals surface area contributed by atoms with Gasteiger partial charge in [-0.25, -0.2) is 0 Å². The first-order valence-electron chi connectivity index (χ1n) is 7.63. The fraction of sp³-hybridized carbons (Fsp3) is 0.857. The molecule has 0 aromatic heterocycles. The van der Waals surface area contributed by atoms with Gasteiger partial charge in [0.15, 0.2) is 0 Å². The fourth-order valence-corrected chi connectivity index (χ4v) is 2.85. The van der Waals surface area contributed by atoms with Crippen molar-refractivity contribution in [3.05, 3.63) is 0 Å². The Morgan fingerprint density at radius 1 is 0.850 bits per heavy atom. The predicted octanol–water partition coefficient (Wildman–Crippen LogP) is -0.637. The highest BCUT2D eigenvalue weighted by atomic mass is 16.2. The number of nitrogens with zero attached hydrogens (tertiary/aromatic N) is 3.